The number of H-pyrrole nitrogens is 1. The number of hydrogen-bond donors (Lipinski definition) is 3. The van der Waals surface area contributed by atoms with Gasteiger partial charge in [0.2, 0.25) is 0 Å². The lowest BCUT2D eigenvalue weighted by atomic mass is 9.86. The summed E-state index contributed by atoms with van der Waals surface area (Å²) < 4.78 is 18.6. The minimum absolute atomic E-state index is 0.0434. The number of benzene rings is 3. The molecule has 9 nitrogen and oxygen atoms in total. The number of fused-ring (bicyclic) bond motifs is 3. The summed E-state index contributed by atoms with van der Waals surface area (Å²) in [6.45, 7) is 6.47. The highest BCUT2D eigenvalue weighted by Gasteiger charge is 2.23. The van der Waals surface area contributed by atoms with E-state index < -0.39 is 11.4 Å². The van der Waals surface area contributed by atoms with Crippen LogP contribution in [0.1, 0.15) is 50.4 Å². The number of aryl methyl sites for hydroxylation is 1. The van der Waals surface area contributed by atoms with Crippen LogP contribution in [0.3, 0.4) is 0 Å². The van der Waals surface area contributed by atoms with Crippen molar-refractivity contribution >= 4 is 27.5 Å². The van der Waals surface area contributed by atoms with Gasteiger partial charge in [0.15, 0.2) is 5.82 Å². The van der Waals surface area contributed by atoms with Crippen LogP contribution in [0.4, 0.5) is 10.2 Å². The van der Waals surface area contributed by atoms with E-state index in [4.69, 9.17) is 5.73 Å². The van der Waals surface area contributed by atoms with Crippen molar-refractivity contribution in [1.82, 2.24) is 29.8 Å². The number of rotatable bonds is 4. The van der Waals surface area contributed by atoms with Crippen molar-refractivity contribution in [3.05, 3.63) is 87.9 Å². The Kier molecular flexibility index (Phi) is 6.21. The van der Waals surface area contributed by atoms with Crippen LogP contribution >= 0.6 is 0 Å². The van der Waals surface area contributed by atoms with Gasteiger partial charge in [-0.15, -0.1) is 0 Å². The van der Waals surface area contributed by atoms with Gasteiger partial charge in [-0.25, -0.2) is 4.39 Å². The standard InChI is InChI=1S/C33H32FN7O2/c1-33(2,3)20-11-19-15-37-41(32(43)29(19)26(34)14-20)28-9-6-7-21(25(28)17-42)18-12-22(30-23(13-18)31(35)39-38-30)24-16-36-40-10-5-4-8-27(24)40/h6-7,9,11-16,42H,4-5,8,10,17H2,1-3H3,(H3,35,38,39). The van der Waals surface area contributed by atoms with Gasteiger partial charge < -0.3 is 10.8 Å². The second kappa shape index (κ2) is 9.88. The van der Waals surface area contributed by atoms with Crippen molar-refractivity contribution < 1.29 is 9.50 Å². The number of aliphatic hydroxyl groups is 1. The molecule has 1 aliphatic rings. The minimum Gasteiger partial charge on any atom is -0.392 e. The third-order valence-corrected chi connectivity index (χ3v) is 8.53. The van der Waals surface area contributed by atoms with E-state index in [-0.39, 0.29) is 17.4 Å². The summed E-state index contributed by atoms with van der Waals surface area (Å²) in [6, 6.07) is 12.6. The lowest BCUT2D eigenvalue weighted by Gasteiger charge is -2.20. The summed E-state index contributed by atoms with van der Waals surface area (Å²) in [7, 11) is 0. The Labute approximate surface area is 246 Å². The predicted molar refractivity (Wildman–Crippen MR) is 166 cm³/mol. The zero-order chi connectivity index (χ0) is 30.0. The molecule has 10 heteroatoms. The van der Waals surface area contributed by atoms with E-state index in [0.29, 0.717) is 28.0 Å². The number of aliphatic hydroxyl groups excluding tert-OH is 1. The molecule has 0 aliphatic carbocycles. The number of aromatic amines is 1. The van der Waals surface area contributed by atoms with Gasteiger partial charge in [-0.2, -0.15) is 20.0 Å². The molecule has 7 rings (SSSR count). The predicted octanol–water partition coefficient (Wildman–Crippen LogP) is 5.64. The van der Waals surface area contributed by atoms with E-state index >= 15 is 4.39 Å². The van der Waals surface area contributed by atoms with Crippen LogP contribution in [0.5, 0.6) is 0 Å². The fourth-order valence-electron chi connectivity index (χ4n) is 6.20. The molecule has 1 aliphatic heterocycles. The molecular formula is C33H32FN7O2. The van der Waals surface area contributed by atoms with E-state index in [1.807, 2.05) is 51.2 Å². The topological polar surface area (TPSA) is 128 Å². The van der Waals surface area contributed by atoms with Crippen LogP contribution in [0.25, 0.3) is 49.6 Å². The maximum atomic E-state index is 15.4. The first-order valence-electron chi connectivity index (χ1n) is 14.4. The Bertz CT molecular complexity index is 2120. The maximum Gasteiger partial charge on any atom is 0.282 e. The summed E-state index contributed by atoms with van der Waals surface area (Å²) in [4.78, 5) is 13.7. The number of nitrogens with one attached hydrogen (secondary N) is 1. The average Bonchev–Trinajstić information content (AvgIpc) is 3.59. The Morgan fingerprint density at radius 3 is 2.67 bits per heavy atom. The van der Waals surface area contributed by atoms with Crippen molar-refractivity contribution in [3.8, 4) is 27.9 Å². The van der Waals surface area contributed by atoms with Crippen molar-refractivity contribution in [3.63, 3.8) is 0 Å². The Morgan fingerprint density at radius 1 is 1.05 bits per heavy atom. The number of nitrogens with zero attached hydrogens (tertiary/aromatic N) is 5. The molecule has 0 fully saturated rings. The van der Waals surface area contributed by atoms with E-state index in [9.17, 15) is 9.90 Å². The fraction of sp³-hybridized carbons (Fsp3) is 0.273. The van der Waals surface area contributed by atoms with E-state index in [0.717, 1.165) is 69.3 Å². The lowest BCUT2D eigenvalue weighted by molar-refractivity contribution is 0.282. The molecule has 0 spiro atoms. The molecule has 0 saturated carbocycles. The first kappa shape index (κ1) is 27.0. The number of halogens is 1. The van der Waals surface area contributed by atoms with Crippen molar-refractivity contribution in [2.75, 3.05) is 5.73 Å². The summed E-state index contributed by atoms with van der Waals surface area (Å²) in [5.74, 6) is -0.237. The van der Waals surface area contributed by atoms with Gasteiger partial charge in [-0.05, 0) is 71.7 Å². The van der Waals surface area contributed by atoms with Crippen LogP contribution in [-0.4, -0.2) is 34.9 Å². The SMILES string of the molecule is CC(C)(C)c1cc(F)c2c(=O)n(-c3cccc(-c4cc(-c5cnn6c5CCCC6)c5[nH]nc(N)c5c4)c3CO)ncc2c1. The molecule has 4 heterocycles. The summed E-state index contributed by atoms with van der Waals surface area (Å²) in [5.41, 5.74) is 12.4. The zero-order valence-electron chi connectivity index (χ0n) is 24.3. The summed E-state index contributed by atoms with van der Waals surface area (Å²) >= 11 is 0. The van der Waals surface area contributed by atoms with Crippen LogP contribution < -0.4 is 11.3 Å². The smallest absolute Gasteiger partial charge is 0.282 e. The van der Waals surface area contributed by atoms with Gasteiger partial charge in [-0.3, -0.25) is 14.6 Å². The monoisotopic (exact) mass is 577 g/mol. The van der Waals surface area contributed by atoms with Crippen molar-refractivity contribution in [1.29, 1.82) is 0 Å². The van der Waals surface area contributed by atoms with E-state index in [1.165, 1.54) is 12.3 Å². The molecule has 43 heavy (non-hydrogen) atoms. The van der Waals surface area contributed by atoms with Gasteiger partial charge in [0, 0.05) is 39.7 Å². The van der Waals surface area contributed by atoms with Crippen LogP contribution in [0.2, 0.25) is 0 Å². The molecule has 0 saturated heterocycles. The molecule has 0 atom stereocenters. The summed E-state index contributed by atoms with van der Waals surface area (Å²) in [5, 5.41) is 28.2. The molecule has 0 unspecified atom stereocenters. The van der Waals surface area contributed by atoms with Crippen LogP contribution in [-0.2, 0) is 25.0 Å². The molecular weight excluding hydrogens is 545 g/mol. The normalized spacial score (nSPS) is 13.6. The number of anilines is 1. The number of nitrogen functional groups attached to an aromatic ring is 1. The number of aromatic nitrogens is 6. The molecule has 0 radical (unpaired) electrons. The third kappa shape index (κ3) is 4.32. The van der Waals surface area contributed by atoms with Gasteiger partial charge in [0.05, 0.1) is 35.6 Å². The molecule has 218 valence electrons. The van der Waals surface area contributed by atoms with Crippen molar-refractivity contribution in [2.45, 2.75) is 58.6 Å². The van der Waals surface area contributed by atoms with Crippen molar-refractivity contribution in [2.24, 2.45) is 0 Å². The zero-order valence-corrected chi connectivity index (χ0v) is 24.3. The van der Waals surface area contributed by atoms with E-state index in [1.54, 1.807) is 12.1 Å². The fourth-order valence-corrected chi connectivity index (χ4v) is 6.20. The Hall–Kier alpha value is -4.83. The van der Waals surface area contributed by atoms with Gasteiger partial charge in [0.25, 0.3) is 5.56 Å². The quantitative estimate of drug-likeness (QED) is 0.249. The molecule has 0 bridgehead atoms. The molecule has 3 aromatic carbocycles. The third-order valence-electron chi connectivity index (χ3n) is 8.53. The highest BCUT2D eigenvalue weighted by atomic mass is 19.1. The highest BCUT2D eigenvalue weighted by Crippen LogP contribution is 2.39. The molecule has 6 aromatic rings. The Morgan fingerprint density at radius 2 is 1.88 bits per heavy atom. The molecule has 3 aromatic heterocycles. The largest absolute Gasteiger partial charge is 0.392 e. The number of nitrogens with two attached hydrogens (primary N) is 1. The van der Waals surface area contributed by atoms with Gasteiger partial charge in [-0.1, -0.05) is 32.9 Å². The highest BCUT2D eigenvalue weighted by molar-refractivity contribution is 6.03. The van der Waals surface area contributed by atoms with E-state index in [2.05, 4.69) is 25.1 Å². The lowest BCUT2D eigenvalue weighted by Crippen LogP contribution is -2.24. The average molecular weight is 578 g/mol. The second-order valence-corrected chi connectivity index (χ2v) is 12.2. The number of hydrogen-bond acceptors (Lipinski definition) is 6. The van der Waals surface area contributed by atoms with Gasteiger partial charge >= 0.3 is 0 Å². The van der Waals surface area contributed by atoms with Crippen LogP contribution in [0.15, 0.2) is 59.7 Å². The first-order valence-corrected chi connectivity index (χ1v) is 14.4. The maximum absolute atomic E-state index is 15.4. The van der Waals surface area contributed by atoms with Crippen LogP contribution in [0, 0.1) is 5.82 Å². The second-order valence-electron chi connectivity index (χ2n) is 12.2. The summed E-state index contributed by atoms with van der Waals surface area (Å²) in [6.07, 6.45) is 6.50. The molecule has 0 amide bonds. The molecule has 4 N–H and O–H groups in total. The Balaban J connectivity index is 1.43. The minimum atomic E-state index is -0.597. The first-order chi connectivity index (χ1) is 20.7. The van der Waals surface area contributed by atoms with Gasteiger partial charge in [0.1, 0.15) is 5.82 Å².